The molecule has 3 rings (SSSR count). The molecule has 1 saturated carbocycles. The zero-order chi connectivity index (χ0) is 15.5. The second-order valence-electron chi connectivity index (χ2n) is 6.45. The summed E-state index contributed by atoms with van der Waals surface area (Å²) in [5, 5.41) is 14.4. The summed E-state index contributed by atoms with van der Waals surface area (Å²) in [5.74, 6) is 0.877. The van der Waals surface area contributed by atoms with E-state index in [4.69, 9.17) is 11.6 Å². The molecular formula is C17H26BrCl3N2O. The van der Waals surface area contributed by atoms with E-state index in [1.165, 1.54) is 32.1 Å². The van der Waals surface area contributed by atoms with Gasteiger partial charge in [-0.3, -0.25) is 4.90 Å². The van der Waals surface area contributed by atoms with Crippen LogP contribution in [0.2, 0.25) is 5.02 Å². The molecule has 1 saturated heterocycles. The van der Waals surface area contributed by atoms with Crippen LogP contribution in [0.1, 0.15) is 43.7 Å². The average Bonchev–Trinajstić information content (AvgIpc) is 2.54. The predicted octanol–water partition coefficient (Wildman–Crippen LogP) is 5.18. The van der Waals surface area contributed by atoms with Gasteiger partial charge in [0.15, 0.2) is 0 Å². The first-order valence-electron chi connectivity index (χ1n) is 8.29. The van der Waals surface area contributed by atoms with Gasteiger partial charge in [-0.1, -0.05) is 46.8 Å². The smallest absolute Gasteiger partial charge is 0.139 e. The summed E-state index contributed by atoms with van der Waals surface area (Å²) in [6.45, 7) is 4.10. The molecule has 3 nitrogen and oxygen atoms in total. The number of phenols is 1. The monoisotopic (exact) mass is 458 g/mol. The molecule has 2 N–H and O–H groups in total. The van der Waals surface area contributed by atoms with Crippen molar-refractivity contribution < 1.29 is 5.11 Å². The van der Waals surface area contributed by atoms with Crippen LogP contribution in [0.3, 0.4) is 0 Å². The molecule has 24 heavy (non-hydrogen) atoms. The van der Waals surface area contributed by atoms with E-state index in [9.17, 15) is 5.11 Å². The van der Waals surface area contributed by atoms with Gasteiger partial charge in [-0.15, -0.1) is 24.8 Å². The quantitative estimate of drug-likeness (QED) is 0.653. The van der Waals surface area contributed by atoms with Crippen molar-refractivity contribution in [2.45, 2.75) is 38.1 Å². The number of aromatic hydroxyl groups is 1. The van der Waals surface area contributed by atoms with Crippen molar-refractivity contribution >= 4 is 52.3 Å². The van der Waals surface area contributed by atoms with Crippen LogP contribution in [0.5, 0.6) is 5.75 Å². The second-order valence-corrected chi connectivity index (χ2v) is 7.78. The van der Waals surface area contributed by atoms with Gasteiger partial charge in [0.1, 0.15) is 5.75 Å². The predicted molar refractivity (Wildman–Crippen MR) is 109 cm³/mol. The minimum atomic E-state index is 0. The molecule has 1 aliphatic heterocycles. The first-order valence-corrected chi connectivity index (χ1v) is 9.46. The van der Waals surface area contributed by atoms with E-state index in [-0.39, 0.29) is 36.6 Å². The molecule has 1 aromatic carbocycles. The molecule has 1 atom stereocenters. The highest BCUT2D eigenvalue weighted by atomic mass is 79.9. The van der Waals surface area contributed by atoms with Gasteiger partial charge < -0.3 is 10.4 Å². The largest absolute Gasteiger partial charge is 0.506 e. The molecule has 0 bridgehead atoms. The van der Waals surface area contributed by atoms with Gasteiger partial charge in [-0.05, 0) is 30.9 Å². The second kappa shape index (κ2) is 10.4. The lowest BCUT2D eigenvalue weighted by atomic mass is 9.80. The van der Waals surface area contributed by atoms with Crippen LogP contribution < -0.4 is 5.32 Å². The summed E-state index contributed by atoms with van der Waals surface area (Å²) in [6, 6.07) is 4.11. The van der Waals surface area contributed by atoms with E-state index in [1.54, 1.807) is 6.07 Å². The van der Waals surface area contributed by atoms with E-state index in [1.807, 2.05) is 0 Å². The lowest BCUT2D eigenvalue weighted by molar-refractivity contribution is 0.101. The zero-order valence-electron chi connectivity index (χ0n) is 13.6. The van der Waals surface area contributed by atoms with Crippen LogP contribution in [-0.4, -0.2) is 36.2 Å². The van der Waals surface area contributed by atoms with Crippen molar-refractivity contribution in [3.8, 4) is 5.75 Å². The average molecular weight is 461 g/mol. The van der Waals surface area contributed by atoms with E-state index in [0.29, 0.717) is 10.9 Å². The lowest BCUT2D eigenvalue weighted by Gasteiger charge is -2.41. The Morgan fingerprint density at radius 2 is 1.75 bits per heavy atom. The molecule has 0 spiro atoms. The van der Waals surface area contributed by atoms with Gasteiger partial charge in [0.2, 0.25) is 0 Å². The van der Waals surface area contributed by atoms with Gasteiger partial charge in [0.25, 0.3) is 0 Å². The first-order chi connectivity index (χ1) is 10.7. The molecule has 1 aliphatic carbocycles. The molecular weight excluding hydrogens is 434 g/mol. The molecule has 0 aromatic heterocycles. The third-order valence-electron chi connectivity index (χ3n) is 5.02. The molecule has 1 heterocycles. The fourth-order valence-electron chi connectivity index (χ4n) is 3.97. The van der Waals surface area contributed by atoms with Gasteiger partial charge in [0.05, 0.1) is 5.02 Å². The maximum atomic E-state index is 10.6. The third-order valence-corrected chi connectivity index (χ3v) is 5.76. The van der Waals surface area contributed by atoms with Crippen molar-refractivity contribution in [2.75, 3.05) is 26.2 Å². The Morgan fingerprint density at radius 3 is 2.38 bits per heavy atom. The van der Waals surface area contributed by atoms with Crippen LogP contribution in [-0.2, 0) is 0 Å². The molecule has 7 heteroatoms. The lowest BCUT2D eigenvalue weighted by Crippen LogP contribution is -2.47. The van der Waals surface area contributed by atoms with Gasteiger partial charge in [-0.25, -0.2) is 0 Å². The Balaban J connectivity index is 0.00000144. The Labute approximate surface area is 170 Å². The topological polar surface area (TPSA) is 35.5 Å². The molecule has 2 fully saturated rings. The van der Waals surface area contributed by atoms with E-state index < -0.39 is 0 Å². The Bertz CT molecular complexity index is 503. The summed E-state index contributed by atoms with van der Waals surface area (Å²) in [7, 11) is 0. The van der Waals surface area contributed by atoms with Crippen LogP contribution in [0.15, 0.2) is 16.6 Å². The first kappa shape index (κ1) is 22.3. The zero-order valence-corrected chi connectivity index (χ0v) is 17.6. The number of piperazine rings is 1. The van der Waals surface area contributed by atoms with Crippen molar-refractivity contribution in [2.24, 2.45) is 5.92 Å². The number of hydrogen-bond acceptors (Lipinski definition) is 3. The molecule has 0 amide bonds. The number of nitrogens with zero attached hydrogens (tertiary/aromatic N) is 1. The highest BCUT2D eigenvalue weighted by molar-refractivity contribution is 9.10. The Kier molecular flexibility index (Phi) is 9.72. The maximum Gasteiger partial charge on any atom is 0.139 e. The highest BCUT2D eigenvalue weighted by Gasteiger charge is 2.33. The minimum absolute atomic E-state index is 0. The minimum Gasteiger partial charge on any atom is -0.506 e. The van der Waals surface area contributed by atoms with Gasteiger partial charge in [0, 0.05) is 42.3 Å². The van der Waals surface area contributed by atoms with Gasteiger partial charge >= 0.3 is 0 Å². The van der Waals surface area contributed by atoms with Crippen LogP contribution in [0.4, 0.5) is 0 Å². The molecule has 138 valence electrons. The number of benzene rings is 1. The summed E-state index contributed by atoms with van der Waals surface area (Å²) in [5.41, 5.74) is 0.994. The van der Waals surface area contributed by atoms with E-state index in [2.05, 4.69) is 32.2 Å². The Morgan fingerprint density at radius 1 is 1.12 bits per heavy atom. The number of nitrogens with one attached hydrogen (secondary N) is 1. The van der Waals surface area contributed by atoms with Crippen molar-refractivity contribution in [3.05, 3.63) is 27.2 Å². The number of phenolic OH excluding ortho intramolecular Hbond substituents is 1. The maximum absolute atomic E-state index is 10.6. The number of hydrogen-bond donors (Lipinski definition) is 2. The van der Waals surface area contributed by atoms with Crippen molar-refractivity contribution in [1.82, 2.24) is 10.2 Å². The normalized spacial score (nSPS) is 20.8. The summed E-state index contributed by atoms with van der Waals surface area (Å²) in [4.78, 5) is 2.53. The van der Waals surface area contributed by atoms with Crippen LogP contribution >= 0.6 is 52.3 Å². The van der Waals surface area contributed by atoms with Crippen LogP contribution in [0.25, 0.3) is 0 Å². The molecule has 0 radical (unpaired) electrons. The van der Waals surface area contributed by atoms with Crippen molar-refractivity contribution in [3.63, 3.8) is 0 Å². The van der Waals surface area contributed by atoms with Gasteiger partial charge in [-0.2, -0.15) is 0 Å². The van der Waals surface area contributed by atoms with E-state index >= 15 is 0 Å². The fourth-order valence-corrected chi connectivity index (χ4v) is 4.80. The molecule has 2 aliphatic rings. The standard InChI is InChI=1S/C17H24BrClN2O.2ClH/c18-13-10-14(17(22)15(19)11-13)16(12-4-2-1-3-5-12)21-8-6-20-7-9-21;;/h10-12,16,20,22H,1-9H2;2*1H/t16-;;/m0../s1. The summed E-state index contributed by atoms with van der Waals surface area (Å²) >= 11 is 9.77. The fraction of sp³-hybridized carbons (Fsp3) is 0.647. The summed E-state index contributed by atoms with van der Waals surface area (Å²) < 4.78 is 0.946. The summed E-state index contributed by atoms with van der Waals surface area (Å²) in [6.07, 6.45) is 6.44. The Hall–Kier alpha value is 0.290. The van der Waals surface area contributed by atoms with E-state index in [0.717, 1.165) is 36.2 Å². The number of halogens is 4. The van der Waals surface area contributed by atoms with Crippen molar-refractivity contribution in [1.29, 1.82) is 0 Å². The van der Waals surface area contributed by atoms with Crippen LogP contribution in [0, 0.1) is 5.92 Å². The highest BCUT2D eigenvalue weighted by Crippen LogP contribution is 2.44. The SMILES string of the molecule is Cl.Cl.Oc1c(Cl)cc(Br)cc1[C@H](C1CCCCC1)N1CCNCC1. The molecule has 1 aromatic rings. The molecule has 0 unspecified atom stereocenters. The number of rotatable bonds is 3. The third kappa shape index (κ3) is 5.15.